The molecule has 2 N–H and O–H groups in total. The molecule has 1 heterocycles. The van der Waals surface area contributed by atoms with Crippen molar-refractivity contribution in [1.82, 2.24) is 10.3 Å². The predicted octanol–water partition coefficient (Wildman–Crippen LogP) is 5.82. The van der Waals surface area contributed by atoms with Crippen molar-refractivity contribution in [1.29, 1.82) is 0 Å². The second-order valence-corrected chi connectivity index (χ2v) is 7.84. The van der Waals surface area contributed by atoms with Gasteiger partial charge in [-0.2, -0.15) is 0 Å². The summed E-state index contributed by atoms with van der Waals surface area (Å²) in [6.45, 7) is 0.360. The van der Waals surface area contributed by atoms with Gasteiger partial charge in [-0.25, -0.2) is 9.78 Å². The molecular formula is C25H23N3O3S. The van der Waals surface area contributed by atoms with Crippen molar-refractivity contribution in [2.75, 3.05) is 19.5 Å². The van der Waals surface area contributed by atoms with Crippen LogP contribution in [0.25, 0.3) is 21.8 Å². The second kappa shape index (κ2) is 9.98. The lowest BCUT2D eigenvalue weighted by molar-refractivity contribution is 0.251. The summed E-state index contributed by atoms with van der Waals surface area (Å²) in [6.07, 6.45) is 0. The van der Waals surface area contributed by atoms with Gasteiger partial charge in [0.05, 0.1) is 19.9 Å². The first kappa shape index (κ1) is 21.4. The lowest BCUT2D eigenvalue weighted by Gasteiger charge is -2.11. The topological polar surface area (TPSA) is 72.5 Å². The maximum atomic E-state index is 12.4. The van der Waals surface area contributed by atoms with Crippen molar-refractivity contribution < 1.29 is 14.3 Å². The van der Waals surface area contributed by atoms with Gasteiger partial charge in [0, 0.05) is 28.7 Å². The van der Waals surface area contributed by atoms with Crippen molar-refractivity contribution >= 4 is 23.1 Å². The number of rotatable bonds is 7. The van der Waals surface area contributed by atoms with Crippen molar-refractivity contribution in [3.63, 3.8) is 0 Å². The molecule has 32 heavy (non-hydrogen) atoms. The van der Waals surface area contributed by atoms with E-state index in [2.05, 4.69) is 10.6 Å². The van der Waals surface area contributed by atoms with E-state index < -0.39 is 0 Å². The van der Waals surface area contributed by atoms with E-state index in [-0.39, 0.29) is 6.03 Å². The van der Waals surface area contributed by atoms with E-state index in [1.54, 1.807) is 25.6 Å². The molecule has 0 fully saturated rings. The number of amides is 2. The normalized spacial score (nSPS) is 10.4. The number of hydrogen-bond acceptors (Lipinski definition) is 5. The van der Waals surface area contributed by atoms with Gasteiger partial charge >= 0.3 is 6.03 Å². The van der Waals surface area contributed by atoms with Crippen LogP contribution in [0.5, 0.6) is 11.5 Å². The fourth-order valence-electron chi connectivity index (χ4n) is 3.22. The Balaban J connectivity index is 1.40. The van der Waals surface area contributed by atoms with E-state index in [0.29, 0.717) is 23.7 Å². The lowest BCUT2D eigenvalue weighted by Crippen LogP contribution is -2.28. The first-order valence-electron chi connectivity index (χ1n) is 10.0. The molecule has 0 aliphatic rings. The molecule has 4 rings (SSSR count). The zero-order valence-electron chi connectivity index (χ0n) is 17.8. The van der Waals surface area contributed by atoms with E-state index in [1.165, 1.54) is 0 Å². The Hall–Kier alpha value is -3.84. The van der Waals surface area contributed by atoms with Crippen LogP contribution < -0.4 is 20.1 Å². The van der Waals surface area contributed by atoms with Gasteiger partial charge in [-0.05, 0) is 29.8 Å². The first-order chi connectivity index (χ1) is 15.7. The summed E-state index contributed by atoms with van der Waals surface area (Å²) in [7, 11) is 3.17. The molecule has 7 heteroatoms. The highest BCUT2D eigenvalue weighted by Gasteiger charge is 2.09. The molecule has 3 aromatic carbocycles. The average Bonchev–Trinajstić information content (AvgIpc) is 3.34. The number of hydrogen-bond donors (Lipinski definition) is 2. The van der Waals surface area contributed by atoms with Crippen LogP contribution in [0, 0.1) is 0 Å². The number of carbonyl (C=O) groups is 1. The molecule has 0 saturated heterocycles. The van der Waals surface area contributed by atoms with Crippen LogP contribution in [0.1, 0.15) is 5.56 Å². The Labute approximate surface area is 190 Å². The smallest absolute Gasteiger partial charge is 0.319 e. The van der Waals surface area contributed by atoms with Gasteiger partial charge in [-0.15, -0.1) is 11.3 Å². The Kier molecular flexibility index (Phi) is 6.67. The molecule has 0 radical (unpaired) electrons. The zero-order valence-corrected chi connectivity index (χ0v) is 18.6. The largest absolute Gasteiger partial charge is 0.493 e. The van der Waals surface area contributed by atoms with Gasteiger partial charge in [-0.3, -0.25) is 0 Å². The molecule has 1 aromatic heterocycles. The summed E-state index contributed by atoms with van der Waals surface area (Å²) in [5.41, 5.74) is 4.51. The molecule has 6 nitrogen and oxygen atoms in total. The number of aromatic nitrogens is 1. The van der Waals surface area contributed by atoms with Gasteiger partial charge in [0.15, 0.2) is 11.5 Å². The average molecular weight is 446 g/mol. The highest BCUT2D eigenvalue weighted by Crippen LogP contribution is 2.30. The van der Waals surface area contributed by atoms with Crippen LogP contribution in [0.2, 0.25) is 0 Å². The predicted molar refractivity (Wildman–Crippen MR) is 128 cm³/mol. The number of anilines is 1. The van der Waals surface area contributed by atoms with E-state index >= 15 is 0 Å². The summed E-state index contributed by atoms with van der Waals surface area (Å²) in [4.78, 5) is 17.2. The van der Waals surface area contributed by atoms with Gasteiger partial charge in [0.25, 0.3) is 0 Å². The van der Waals surface area contributed by atoms with Gasteiger partial charge in [-0.1, -0.05) is 48.5 Å². The minimum atomic E-state index is -0.291. The van der Waals surface area contributed by atoms with Crippen LogP contribution in [-0.4, -0.2) is 25.2 Å². The van der Waals surface area contributed by atoms with Crippen molar-refractivity contribution in [2.24, 2.45) is 0 Å². The summed E-state index contributed by atoms with van der Waals surface area (Å²) < 4.78 is 10.5. The fraction of sp³-hybridized carbons (Fsp3) is 0.120. The van der Waals surface area contributed by atoms with E-state index in [4.69, 9.17) is 14.5 Å². The van der Waals surface area contributed by atoms with Gasteiger partial charge < -0.3 is 20.1 Å². The molecular weight excluding hydrogens is 422 g/mol. The van der Waals surface area contributed by atoms with Gasteiger partial charge in [0.2, 0.25) is 0 Å². The number of nitrogens with zero attached hydrogens (tertiary/aromatic N) is 1. The van der Waals surface area contributed by atoms with Crippen LogP contribution in [0.3, 0.4) is 0 Å². The second-order valence-electron chi connectivity index (χ2n) is 6.98. The van der Waals surface area contributed by atoms with Crippen LogP contribution in [0.4, 0.5) is 10.5 Å². The van der Waals surface area contributed by atoms with Crippen molar-refractivity contribution in [3.8, 4) is 33.3 Å². The molecule has 2 amide bonds. The Morgan fingerprint density at radius 3 is 2.47 bits per heavy atom. The fourth-order valence-corrected chi connectivity index (χ4v) is 4.06. The molecule has 0 aliphatic carbocycles. The summed E-state index contributed by atoms with van der Waals surface area (Å²) >= 11 is 1.60. The summed E-state index contributed by atoms with van der Waals surface area (Å²) in [5, 5.41) is 8.73. The standard InChI is InChI=1S/C25H23N3O3S/c1-30-22-12-11-17(13-23(22)31-2)15-26-25(29)27-20-10-6-9-19(14-20)21-16-32-24(28-21)18-7-4-3-5-8-18/h3-14,16H,15H2,1-2H3,(H2,26,27,29). The number of urea groups is 1. The first-order valence-corrected chi connectivity index (χ1v) is 10.9. The molecule has 0 atom stereocenters. The minimum Gasteiger partial charge on any atom is -0.493 e. The third-order valence-corrected chi connectivity index (χ3v) is 5.73. The molecule has 0 spiro atoms. The number of benzene rings is 3. The Morgan fingerprint density at radius 1 is 0.906 bits per heavy atom. The van der Waals surface area contributed by atoms with Crippen LogP contribution in [0.15, 0.2) is 78.2 Å². The van der Waals surface area contributed by atoms with Crippen molar-refractivity contribution in [2.45, 2.75) is 6.54 Å². The Morgan fingerprint density at radius 2 is 1.69 bits per heavy atom. The van der Waals surface area contributed by atoms with E-state index in [1.807, 2.05) is 78.2 Å². The zero-order chi connectivity index (χ0) is 22.3. The quantitative estimate of drug-likeness (QED) is 0.376. The number of carbonyl (C=O) groups excluding carboxylic acids is 1. The Bertz CT molecular complexity index is 1210. The summed E-state index contributed by atoms with van der Waals surface area (Å²) in [6, 6.07) is 23.0. The molecule has 0 bridgehead atoms. The molecule has 0 saturated carbocycles. The maximum absolute atomic E-state index is 12.4. The minimum absolute atomic E-state index is 0.291. The molecule has 162 valence electrons. The third-order valence-electron chi connectivity index (χ3n) is 4.84. The summed E-state index contributed by atoms with van der Waals surface area (Å²) in [5.74, 6) is 1.27. The van der Waals surface area contributed by atoms with E-state index in [9.17, 15) is 4.79 Å². The maximum Gasteiger partial charge on any atom is 0.319 e. The van der Waals surface area contributed by atoms with Crippen molar-refractivity contribution in [3.05, 3.63) is 83.7 Å². The number of ether oxygens (including phenoxy) is 2. The SMILES string of the molecule is COc1ccc(CNC(=O)Nc2cccc(-c3csc(-c4ccccc4)n3)c2)cc1OC. The molecule has 4 aromatic rings. The van der Waals surface area contributed by atoms with E-state index in [0.717, 1.165) is 27.4 Å². The number of nitrogens with one attached hydrogen (secondary N) is 2. The highest BCUT2D eigenvalue weighted by atomic mass is 32.1. The number of thiazole rings is 1. The molecule has 0 aliphatic heterocycles. The van der Waals surface area contributed by atoms with Gasteiger partial charge in [0.1, 0.15) is 5.01 Å². The third kappa shape index (κ3) is 5.07. The van der Waals surface area contributed by atoms with Crippen LogP contribution in [-0.2, 0) is 6.54 Å². The number of methoxy groups -OCH3 is 2. The van der Waals surface area contributed by atoms with Crippen LogP contribution >= 0.6 is 11.3 Å². The monoisotopic (exact) mass is 445 g/mol. The highest BCUT2D eigenvalue weighted by molar-refractivity contribution is 7.13. The molecule has 0 unspecified atom stereocenters. The lowest BCUT2D eigenvalue weighted by atomic mass is 10.1.